The summed E-state index contributed by atoms with van der Waals surface area (Å²) in [4.78, 5) is 39.5. The molecule has 1 N–H and O–H groups in total. The van der Waals surface area contributed by atoms with Gasteiger partial charge < -0.3 is 4.84 Å². The first kappa shape index (κ1) is 20.7. The molecule has 1 unspecified atom stereocenters. The first-order chi connectivity index (χ1) is 12.2. The molecular formula is C14H17N2O7S3+. The third-order valence-electron chi connectivity index (χ3n) is 3.42. The number of hydrogen-bond donors (Lipinski definition) is 1. The van der Waals surface area contributed by atoms with Gasteiger partial charge in [0.05, 0.1) is 0 Å². The van der Waals surface area contributed by atoms with Gasteiger partial charge in [0.15, 0.2) is 11.4 Å². The second-order valence-corrected chi connectivity index (χ2v) is 9.37. The van der Waals surface area contributed by atoms with Crippen molar-refractivity contribution < 1.29 is 36.8 Å². The number of rotatable bonds is 8. The van der Waals surface area contributed by atoms with E-state index in [2.05, 4.69) is 4.84 Å². The Balaban J connectivity index is 1.93. The molecule has 0 saturated carbocycles. The van der Waals surface area contributed by atoms with Crippen LogP contribution in [0, 0.1) is 0 Å². The molecule has 142 valence electrons. The number of hydrogen-bond acceptors (Lipinski definition) is 8. The van der Waals surface area contributed by atoms with Crippen LogP contribution in [0.25, 0.3) is 0 Å². The van der Waals surface area contributed by atoms with Crippen LogP contribution in [0.2, 0.25) is 0 Å². The summed E-state index contributed by atoms with van der Waals surface area (Å²) in [5.74, 6) is -2.59. The highest BCUT2D eigenvalue weighted by Crippen LogP contribution is 2.29. The van der Waals surface area contributed by atoms with Crippen molar-refractivity contribution in [2.45, 2.75) is 29.5 Å². The molecule has 2 amide bonds. The van der Waals surface area contributed by atoms with E-state index in [9.17, 15) is 27.4 Å². The minimum atomic E-state index is -4.75. The van der Waals surface area contributed by atoms with E-state index in [1.165, 1.54) is 21.6 Å². The molecule has 0 spiro atoms. The Hall–Kier alpha value is -1.63. The molecule has 2 heterocycles. The average Bonchev–Trinajstić information content (AvgIpc) is 2.87. The smallest absolute Gasteiger partial charge is 0.329 e. The zero-order valence-electron chi connectivity index (χ0n) is 13.7. The highest BCUT2D eigenvalue weighted by atomic mass is 33.1. The molecule has 1 saturated heterocycles. The first-order valence-electron chi connectivity index (χ1n) is 7.48. The Morgan fingerprint density at radius 1 is 1.35 bits per heavy atom. The van der Waals surface area contributed by atoms with E-state index in [1.807, 2.05) is 36.0 Å². The van der Waals surface area contributed by atoms with E-state index in [1.54, 1.807) is 0 Å². The Morgan fingerprint density at radius 2 is 2.00 bits per heavy atom. The molecule has 9 nitrogen and oxygen atoms in total. The predicted molar refractivity (Wildman–Crippen MR) is 93.1 cm³/mol. The molecule has 26 heavy (non-hydrogen) atoms. The third kappa shape index (κ3) is 5.43. The maximum atomic E-state index is 12.0. The van der Waals surface area contributed by atoms with E-state index in [0.29, 0.717) is 0 Å². The molecule has 1 aromatic rings. The van der Waals surface area contributed by atoms with Crippen LogP contribution < -0.4 is 4.57 Å². The SMILES string of the molecule is C[n+]1ccccc1SSCCC(C(=O)ON1C(=O)CCC1=O)S(=O)(=O)O. The largest absolute Gasteiger partial charge is 0.353 e. The van der Waals surface area contributed by atoms with Gasteiger partial charge in [-0.25, -0.2) is 4.79 Å². The summed E-state index contributed by atoms with van der Waals surface area (Å²) in [6.45, 7) is 0. The van der Waals surface area contributed by atoms with Crippen LogP contribution in [0.4, 0.5) is 0 Å². The van der Waals surface area contributed by atoms with Crippen LogP contribution in [0.15, 0.2) is 29.4 Å². The zero-order valence-corrected chi connectivity index (χ0v) is 16.2. The topological polar surface area (TPSA) is 122 Å². The van der Waals surface area contributed by atoms with Crippen molar-refractivity contribution in [1.29, 1.82) is 0 Å². The summed E-state index contributed by atoms with van der Waals surface area (Å²) in [6, 6.07) is 5.59. The molecule has 2 rings (SSSR count). The number of carbonyl (C=O) groups is 3. The normalized spacial score (nSPS) is 16.0. The van der Waals surface area contributed by atoms with Crippen molar-refractivity contribution in [3.63, 3.8) is 0 Å². The van der Waals surface area contributed by atoms with Crippen LogP contribution in [0.1, 0.15) is 19.3 Å². The summed E-state index contributed by atoms with van der Waals surface area (Å²) in [6.07, 6.45) is 1.40. The Kier molecular flexibility index (Phi) is 7.03. The Morgan fingerprint density at radius 3 is 2.58 bits per heavy atom. The lowest BCUT2D eigenvalue weighted by atomic mass is 10.3. The Labute approximate surface area is 158 Å². The summed E-state index contributed by atoms with van der Waals surface area (Å²) < 4.78 is 34.1. The molecule has 0 radical (unpaired) electrons. The van der Waals surface area contributed by atoms with Crippen LogP contribution >= 0.6 is 21.6 Å². The lowest BCUT2D eigenvalue weighted by Gasteiger charge is -2.16. The number of amides is 2. The fourth-order valence-corrected chi connectivity index (χ4v) is 5.17. The molecule has 0 aliphatic carbocycles. The second kappa shape index (κ2) is 8.84. The Bertz CT molecular complexity index is 797. The number of imide groups is 1. The van der Waals surface area contributed by atoms with Crippen molar-refractivity contribution in [3.05, 3.63) is 24.4 Å². The van der Waals surface area contributed by atoms with Gasteiger partial charge in [-0.3, -0.25) is 14.1 Å². The summed E-state index contributed by atoms with van der Waals surface area (Å²) in [7, 11) is -0.224. The van der Waals surface area contributed by atoms with E-state index < -0.39 is 33.2 Å². The minimum absolute atomic E-state index is 0.108. The third-order valence-corrected chi connectivity index (χ3v) is 7.05. The zero-order chi connectivity index (χ0) is 19.3. The minimum Gasteiger partial charge on any atom is -0.329 e. The first-order valence-corrected chi connectivity index (χ1v) is 11.3. The molecule has 12 heteroatoms. The van der Waals surface area contributed by atoms with Crippen LogP contribution in [-0.4, -0.2) is 46.8 Å². The van der Waals surface area contributed by atoms with Gasteiger partial charge in [0, 0.05) is 41.5 Å². The standard InChI is InChI=1S/C14H16N2O7S3/c1-15-8-3-2-4-13(15)25-24-9-7-10(26(20,21)22)14(19)23-16-11(17)5-6-12(16)18/h2-4,8,10H,5-7,9H2,1H3/p+1. The summed E-state index contributed by atoms with van der Waals surface area (Å²) in [5, 5.41) is -0.704. The lowest BCUT2D eigenvalue weighted by Crippen LogP contribution is -2.39. The molecular weight excluding hydrogens is 404 g/mol. The quantitative estimate of drug-likeness (QED) is 0.210. The molecule has 1 aliphatic heterocycles. The predicted octanol–water partition coefficient (Wildman–Crippen LogP) is 0.505. The van der Waals surface area contributed by atoms with Crippen LogP contribution in [0.5, 0.6) is 0 Å². The number of carbonyl (C=O) groups excluding carboxylic acids is 3. The lowest BCUT2D eigenvalue weighted by molar-refractivity contribution is -0.708. The van der Waals surface area contributed by atoms with Crippen molar-refractivity contribution in [1.82, 2.24) is 5.06 Å². The number of pyridine rings is 1. The van der Waals surface area contributed by atoms with E-state index in [4.69, 9.17) is 0 Å². The van der Waals surface area contributed by atoms with Crippen LogP contribution in [-0.2, 0) is 36.4 Å². The van der Waals surface area contributed by atoms with Gasteiger partial charge in [0.25, 0.3) is 21.9 Å². The number of nitrogens with zero attached hydrogens (tertiary/aromatic N) is 2. The summed E-state index contributed by atoms with van der Waals surface area (Å²) in [5.41, 5.74) is 0. The molecule has 0 aromatic carbocycles. The van der Waals surface area contributed by atoms with Gasteiger partial charge in [-0.1, -0.05) is 10.8 Å². The molecule has 0 bridgehead atoms. The molecule has 1 aromatic heterocycles. The maximum Gasteiger partial charge on any atom is 0.353 e. The van der Waals surface area contributed by atoms with Crippen molar-refractivity contribution >= 4 is 49.5 Å². The number of aromatic nitrogens is 1. The van der Waals surface area contributed by atoms with Gasteiger partial charge in [-0.05, 0) is 12.5 Å². The fraction of sp³-hybridized carbons (Fsp3) is 0.429. The highest BCUT2D eigenvalue weighted by Gasteiger charge is 2.39. The van der Waals surface area contributed by atoms with Gasteiger partial charge in [0.1, 0.15) is 7.05 Å². The van der Waals surface area contributed by atoms with E-state index >= 15 is 0 Å². The van der Waals surface area contributed by atoms with Gasteiger partial charge >= 0.3 is 5.97 Å². The maximum absolute atomic E-state index is 12.0. The second-order valence-electron chi connectivity index (χ2n) is 5.34. The molecule has 1 aliphatic rings. The van der Waals surface area contributed by atoms with Gasteiger partial charge in [-0.15, -0.1) is 5.06 Å². The van der Waals surface area contributed by atoms with E-state index in [0.717, 1.165) is 5.03 Å². The van der Waals surface area contributed by atoms with Crippen molar-refractivity contribution in [3.8, 4) is 0 Å². The highest BCUT2D eigenvalue weighted by molar-refractivity contribution is 8.76. The van der Waals surface area contributed by atoms with E-state index in [-0.39, 0.29) is 30.1 Å². The van der Waals surface area contributed by atoms with Gasteiger partial charge in [-0.2, -0.15) is 13.0 Å². The number of hydroxylamine groups is 2. The average molecular weight is 421 g/mol. The van der Waals surface area contributed by atoms with Gasteiger partial charge in [0.2, 0.25) is 5.03 Å². The summed E-state index contributed by atoms with van der Waals surface area (Å²) >= 11 is 0. The van der Waals surface area contributed by atoms with Crippen molar-refractivity contribution in [2.24, 2.45) is 7.05 Å². The number of aryl methyl sites for hydroxylation is 1. The van der Waals surface area contributed by atoms with Crippen LogP contribution in [0.3, 0.4) is 0 Å². The molecule has 1 atom stereocenters. The monoisotopic (exact) mass is 421 g/mol. The fourth-order valence-electron chi connectivity index (χ4n) is 2.05. The van der Waals surface area contributed by atoms with Crippen molar-refractivity contribution in [2.75, 3.05) is 5.75 Å². The molecule has 1 fully saturated rings.